The lowest BCUT2D eigenvalue weighted by Gasteiger charge is -2.40. The lowest BCUT2D eigenvalue weighted by molar-refractivity contribution is -0.150. The van der Waals surface area contributed by atoms with Crippen LogP contribution in [0, 0.1) is 22.5 Å². The third kappa shape index (κ3) is 10.3. The number of rotatable bonds is 22. The summed E-state index contributed by atoms with van der Waals surface area (Å²) in [5, 5.41) is 0. The van der Waals surface area contributed by atoms with E-state index in [2.05, 4.69) is 13.8 Å². The average Bonchev–Trinajstić information content (AvgIpc) is 3.43. The summed E-state index contributed by atoms with van der Waals surface area (Å²) >= 11 is 0. The molecule has 1 aliphatic carbocycles. The molecule has 3 aliphatic rings. The Kier molecular flexibility index (Phi) is 14.1. The van der Waals surface area contributed by atoms with E-state index in [1.165, 1.54) is 24.3 Å². The zero-order valence-corrected chi connectivity index (χ0v) is 35.6. The molecule has 2 heterocycles. The molecule has 0 spiro atoms. The molecule has 0 aromatic heterocycles. The second kappa shape index (κ2) is 19.4. The summed E-state index contributed by atoms with van der Waals surface area (Å²) in [5.41, 5.74) is 2.87. The van der Waals surface area contributed by atoms with Gasteiger partial charge in [0.25, 0.3) is 0 Å². The molecule has 10 nitrogen and oxygen atoms in total. The summed E-state index contributed by atoms with van der Waals surface area (Å²) in [4.78, 5) is 26.3. The van der Waals surface area contributed by atoms with E-state index < -0.39 is 29.0 Å². The van der Waals surface area contributed by atoms with Crippen LogP contribution in [0.1, 0.15) is 98.1 Å². The molecule has 0 saturated carbocycles. The summed E-state index contributed by atoms with van der Waals surface area (Å²) < 4.78 is 75.3. The van der Waals surface area contributed by atoms with Crippen molar-refractivity contribution >= 4 is 11.9 Å². The summed E-state index contributed by atoms with van der Waals surface area (Å²) in [6.45, 7) is 14.7. The van der Waals surface area contributed by atoms with Gasteiger partial charge in [-0.2, -0.15) is 0 Å². The Morgan fingerprint density at radius 1 is 0.557 bits per heavy atom. The van der Waals surface area contributed by atoms with Gasteiger partial charge in [-0.1, -0.05) is 39.8 Å². The molecule has 2 aliphatic heterocycles. The van der Waals surface area contributed by atoms with Crippen molar-refractivity contribution in [1.29, 1.82) is 0 Å². The first-order valence-electron chi connectivity index (χ1n) is 21.3. The number of hydrogen-bond acceptors (Lipinski definition) is 10. The minimum atomic E-state index is -0.835. The molecule has 0 radical (unpaired) electrons. The van der Waals surface area contributed by atoms with Crippen molar-refractivity contribution < 1.29 is 56.3 Å². The fourth-order valence-corrected chi connectivity index (χ4v) is 7.78. The lowest BCUT2D eigenvalue weighted by atomic mass is 9.82. The fraction of sp³-hybridized carbons (Fsp3) is 0.469. The first-order valence-corrected chi connectivity index (χ1v) is 21.3. The van der Waals surface area contributed by atoms with Gasteiger partial charge < -0.3 is 37.9 Å². The maximum absolute atomic E-state index is 15.1. The van der Waals surface area contributed by atoms with Crippen molar-refractivity contribution in [3.63, 3.8) is 0 Å². The largest absolute Gasteiger partial charge is 0.493 e. The first kappa shape index (κ1) is 44.2. The first-order chi connectivity index (χ1) is 29.4. The number of fused-ring (bicyclic) bond motifs is 3. The Morgan fingerprint density at radius 3 is 1.31 bits per heavy atom. The molecule has 4 aromatic carbocycles. The van der Waals surface area contributed by atoms with Crippen molar-refractivity contribution in [3.05, 3.63) is 107 Å². The van der Waals surface area contributed by atoms with E-state index >= 15 is 8.78 Å². The predicted octanol–water partition coefficient (Wildman–Crippen LogP) is 9.91. The predicted molar refractivity (Wildman–Crippen MR) is 225 cm³/mol. The monoisotopic (exact) mass is 842 g/mol. The second-order valence-corrected chi connectivity index (χ2v) is 17.0. The maximum Gasteiger partial charge on any atom is 0.346 e. The van der Waals surface area contributed by atoms with Crippen molar-refractivity contribution in [1.82, 2.24) is 0 Å². The second-order valence-electron chi connectivity index (χ2n) is 17.0. The van der Waals surface area contributed by atoms with E-state index in [1.807, 2.05) is 26.0 Å². The lowest BCUT2D eigenvalue weighted by Crippen LogP contribution is -2.45. The van der Waals surface area contributed by atoms with Gasteiger partial charge in [0.1, 0.15) is 34.6 Å². The number of halogens is 2. The van der Waals surface area contributed by atoms with Gasteiger partial charge in [0, 0.05) is 41.6 Å². The molecule has 0 unspecified atom stereocenters. The van der Waals surface area contributed by atoms with Gasteiger partial charge in [-0.05, 0) is 109 Å². The Balaban J connectivity index is 0.877. The van der Waals surface area contributed by atoms with Crippen LogP contribution < -0.4 is 18.9 Å². The van der Waals surface area contributed by atoms with Crippen molar-refractivity contribution in [2.45, 2.75) is 71.6 Å². The van der Waals surface area contributed by atoms with Crippen molar-refractivity contribution in [2.75, 3.05) is 66.1 Å². The molecule has 2 fully saturated rings. The van der Waals surface area contributed by atoms with Crippen LogP contribution in [-0.2, 0) is 24.4 Å². The highest BCUT2D eigenvalue weighted by molar-refractivity contribution is 5.93. The molecule has 0 atom stereocenters. The van der Waals surface area contributed by atoms with Crippen LogP contribution >= 0.6 is 0 Å². The molecule has 61 heavy (non-hydrogen) atoms. The maximum atomic E-state index is 15.1. The zero-order chi connectivity index (χ0) is 43.0. The Hall–Kier alpha value is -4.88. The Labute approximate surface area is 356 Å². The molecule has 2 saturated heterocycles. The Bertz CT molecular complexity index is 2010. The van der Waals surface area contributed by atoms with Crippen LogP contribution in [0.2, 0.25) is 0 Å². The van der Waals surface area contributed by atoms with E-state index in [0.29, 0.717) is 51.1 Å². The molecule has 0 N–H and O–H groups in total. The topological polar surface area (TPSA) is 108 Å². The smallest absolute Gasteiger partial charge is 0.346 e. The summed E-state index contributed by atoms with van der Waals surface area (Å²) in [5.74, 6) is -2.00. The van der Waals surface area contributed by atoms with Crippen molar-refractivity contribution in [3.8, 4) is 34.1 Å². The van der Waals surface area contributed by atoms with Gasteiger partial charge in [0.05, 0.1) is 64.0 Å². The van der Waals surface area contributed by atoms with Crippen LogP contribution in [0.3, 0.4) is 0 Å². The fourth-order valence-electron chi connectivity index (χ4n) is 7.78. The van der Waals surface area contributed by atoms with Crippen LogP contribution in [0.25, 0.3) is 11.1 Å². The number of ether oxygens (including phenoxy) is 8. The van der Waals surface area contributed by atoms with Gasteiger partial charge in [-0.15, -0.1) is 0 Å². The van der Waals surface area contributed by atoms with E-state index in [-0.39, 0.29) is 33.5 Å². The minimum absolute atomic E-state index is 0.155. The summed E-state index contributed by atoms with van der Waals surface area (Å²) in [7, 11) is 0. The van der Waals surface area contributed by atoms with Gasteiger partial charge in [-0.3, -0.25) is 0 Å². The summed E-state index contributed by atoms with van der Waals surface area (Å²) in [6, 6.07) is 18.8. The number of hydrogen-bond donors (Lipinski definition) is 0. The number of carbonyl (C=O) groups excluding carboxylic acids is 2. The van der Waals surface area contributed by atoms with Gasteiger partial charge >= 0.3 is 11.9 Å². The number of unbranched alkanes of at least 4 members (excludes halogenated alkanes) is 2. The van der Waals surface area contributed by atoms with E-state index in [9.17, 15) is 9.59 Å². The third-order valence-electron chi connectivity index (χ3n) is 12.2. The number of esters is 2. The quantitative estimate of drug-likeness (QED) is 0.0431. The van der Waals surface area contributed by atoms with Crippen LogP contribution in [0.4, 0.5) is 8.78 Å². The van der Waals surface area contributed by atoms with Gasteiger partial charge in [0.15, 0.2) is 0 Å². The summed E-state index contributed by atoms with van der Waals surface area (Å²) in [6.07, 6.45) is 5.17. The SMILES string of the molecule is CCC1(COCCCCOc2ccc(C(=O)Oc3ccc4c(c3)C(C)(C)c3cc(OC(=O)c5ccc(OCCCCOCC6(CC)COC6)cc5F)ccc3-4)c(F)c2)COC1. The number of carbonyl (C=O) groups is 2. The minimum Gasteiger partial charge on any atom is -0.493 e. The Morgan fingerprint density at radius 2 is 0.951 bits per heavy atom. The molecule has 7 rings (SSSR count). The van der Waals surface area contributed by atoms with E-state index in [0.717, 1.165) is 87.2 Å². The molecule has 326 valence electrons. The zero-order valence-electron chi connectivity index (χ0n) is 35.6. The highest BCUT2D eigenvalue weighted by Crippen LogP contribution is 2.50. The molecule has 12 heteroatoms. The third-order valence-corrected chi connectivity index (χ3v) is 12.2. The van der Waals surface area contributed by atoms with Gasteiger partial charge in [0.2, 0.25) is 0 Å². The van der Waals surface area contributed by atoms with E-state index in [4.69, 9.17) is 37.9 Å². The van der Waals surface area contributed by atoms with Gasteiger partial charge in [-0.25, -0.2) is 18.4 Å². The highest BCUT2D eigenvalue weighted by atomic mass is 19.1. The van der Waals surface area contributed by atoms with Crippen LogP contribution in [0.15, 0.2) is 72.8 Å². The molecular formula is C49H56F2O10. The molecule has 0 amide bonds. The highest BCUT2D eigenvalue weighted by Gasteiger charge is 2.38. The number of benzene rings is 4. The molecular weight excluding hydrogens is 787 g/mol. The average molecular weight is 843 g/mol. The van der Waals surface area contributed by atoms with E-state index in [1.54, 1.807) is 36.4 Å². The van der Waals surface area contributed by atoms with Crippen LogP contribution in [-0.4, -0.2) is 78.0 Å². The van der Waals surface area contributed by atoms with Crippen molar-refractivity contribution in [2.24, 2.45) is 10.8 Å². The molecule has 4 aromatic rings. The standard InChI is InChI=1S/C49H56F2O10/c1-5-48(29-56-30-48)27-54-19-7-9-21-58-33-11-17-39(43(50)25-33)45(52)60-35-13-15-37-38-16-14-36(24-42(38)47(3,4)41(37)23-35)61-46(53)40-18-12-34(26-44(40)51)59-22-10-8-20-55-28-49(6-2)31-57-32-49/h11-18,23-26H,5-10,19-22,27-32H2,1-4H3. The van der Waals surface area contributed by atoms with Crippen LogP contribution in [0.5, 0.6) is 23.0 Å². The normalized spacial score (nSPS) is 16.4. The molecule has 0 bridgehead atoms.